The number of aromatic amines is 1. The normalized spacial score (nSPS) is 13.3. The molecule has 3 atom stereocenters. The average Bonchev–Trinajstić information content (AvgIpc) is 3.31. The Balaban J connectivity index is 1.75. The molecule has 0 saturated heterocycles. The maximum atomic E-state index is 13.5. The van der Waals surface area contributed by atoms with Crippen molar-refractivity contribution in [1.82, 2.24) is 20.5 Å². The molecule has 11 nitrogen and oxygen atoms in total. The number of fused-ring (bicyclic) bond motifs is 1. The largest absolute Gasteiger partial charge is 0.480 e. The summed E-state index contributed by atoms with van der Waals surface area (Å²) in [6, 6.07) is 13.8. The molecule has 202 valence electrons. The number of nitrogens with zero attached hydrogens (tertiary/aromatic N) is 1. The highest BCUT2D eigenvalue weighted by molar-refractivity contribution is 5.92. The second kappa shape index (κ2) is 13.2. The maximum Gasteiger partial charge on any atom is 0.326 e. The number of carboxylic acids is 1. The molecule has 1 aromatic heterocycles. The van der Waals surface area contributed by atoms with Gasteiger partial charge in [-0.05, 0) is 36.5 Å². The highest BCUT2D eigenvalue weighted by atomic mass is 16.4. The summed E-state index contributed by atoms with van der Waals surface area (Å²) in [5.41, 5.74) is 14.0. The highest BCUT2D eigenvalue weighted by Crippen LogP contribution is 2.21. The van der Waals surface area contributed by atoms with E-state index in [1.807, 2.05) is 54.6 Å². The van der Waals surface area contributed by atoms with Crippen molar-refractivity contribution in [2.75, 3.05) is 13.6 Å². The van der Waals surface area contributed by atoms with E-state index >= 15 is 0 Å². The topological polar surface area (TPSA) is 190 Å². The monoisotopic (exact) mass is 521 g/mol. The van der Waals surface area contributed by atoms with Crippen LogP contribution in [-0.2, 0) is 27.2 Å². The number of amides is 2. The summed E-state index contributed by atoms with van der Waals surface area (Å²) in [6.45, 7) is 0.312. The molecular weight excluding hydrogens is 486 g/mol. The van der Waals surface area contributed by atoms with E-state index in [1.54, 1.807) is 6.20 Å². The van der Waals surface area contributed by atoms with Gasteiger partial charge in [0, 0.05) is 37.1 Å². The van der Waals surface area contributed by atoms with E-state index in [0.717, 1.165) is 26.9 Å². The van der Waals surface area contributed by atoms with Crippen molar-refractivity contribution in [2.45, 2.75) is 43.8 Å². The van der Waals surface area contributed by atoms with Crippen LogP contribution in [0.1, 0.15) is 24.0 Å². The second-order valence-corrected chi connectivity index (χ2v) is 9.21. The van der Waals surface area contributed by atoms with Crippen molar-refractivity contribution in [2.24, 2.45) is 11.5 Å². The molecule has 3 aromatic rings. The predicted molar refractivity (Wildman–Crippen MR) is 145 cm³/mol. The van der Waals surface area contributed by atoms with E-state index < -0.39 is 35.9 Å². The van der Waals surface area contributed by atoms with Gasteiger partial charge in [-0.25, -0.2) is 4.79 Å². The van der Waals surface area contributed by atoms with Crippen molar-refractivity contribution in [3.05, 3.63) is 71.9 Å². The van der Waals surface area contributed by atoms with Crippen LogP contribution in [0.25, 0.3) is 10.9 Å². The Morgan fingerprint density at radius 2 is 1.76 bits per heavy atom. The predicted octanol–water partition coefficient (Wildman–Crippen LogP) is 0.940. The van der Waals surface area contributed by atoms with E-state index in [1.165, 1.54) is 7.05 Å². The lowest BCUT2D eigenvalue weighted by atomic mass is 10.0. The highest BCUT2D eigenvalue weighted by Gasteiger charge is 2.33. The number of nitrogens with one attached hydrogen (secondary N) is 4. The van der Waals surface area contributed by atoms with Gasteiger partial charge in [-0.3, -0.25) is 15.0 Å². The lowest BCUT2D eigenvalue weighted by Crippen LogP contribution is -2.55. The maximum absolute atomic E-state index is 13.5. The summed E-state index contributed by atoms with van der Waals surface area (Å²) < 4.78 is 0. The van der Waals surface area contributed by atoms with Gasteiger partial charge in [0.05, 0.1) is 6.04 Å². The van der Waals surface area contributed by atoms with Crippen LogP contribution < -0.4 is 22.1 Å². The van der Waals surface area contributed by atoms with Crippen LogP contribution in [0.2, 0.25) is 0 Å². The van der Waals surface area contributed by atoms with Crippen molar-refractivity contribution < 1.29 is 19.5 Å². The Hall–Kier alpha value is -4.38. The zero-order chi connectivity index (χ0) is 27.7. The van der Waals surface area contributed by atoms with Crippen LogP contribution in [0.5, 0.6) is 0 Å². The summed E-state index contributed by atoms with van der Waals surface area (Å²) in [4.78, 5) is 43.0. The van der Waals surface area contributed by atoms with Crippen LogP contribution in [0.3, 0.4) is 0 Å². The van der Waals surface area contributed by atoms with Crippen LogP contribution in [0.15, 0.2) is 60.8 Å². The van der Waals surface area contributed by atoms with Crippen LogP contribution in [0.4, 0.5) is 0 Å². The molecule has 0 radical (unpaired) electrons. The molecule has 0 spiro atoms. The standard InChI is InChI=1S/C27H35N7O4/c1-34(23(26(37)38)15-18-16-32-21-11-6-5-10-19(18)21)25(36)22(12-7-13-31-27(29)30)33-24(35)20(28)14-17-8-3-2-4-9-17/h2-6,8-11,16,20,22-23,32H,7,12-15,28H2,1H3,(H,33,35)(H,37,38)(H4,29,30,31)/t20-,22+,23+/m1/s1. The molecule has 38 heavy (non-hydrogen) atoms. The van der Waals surface area contributed by atoms with E-state index in [-0.39, 0.29) is 25.2 Å². The molecule has 0 bridgehead atoms. The summed E-state index contributed by atoms with van der Waals surface area (Å²) in [6.07, 6.45) is 2.72. The van der Waals surface area contributed by atoms with Gasteiger partial charge >= 0.3 is 5.97 Å². The number of carbonyl (C=O) groups is 3. The first kappa shape index (κ1) is 28.2. The molecule has 0 aliphatic rings. The van der Waals surface area contributed by atoms with Crippen molar-refractivity contribution in [3.63, 3.8) is 0 Å². The lowest BCUT2D eigenvalue weighted by molar-refractivity contribution is -0.150. The molecular formula is C27H35N7O4. The van der Waals surface area contributed by atoms with Crippen molar-refractivity contribution in [3.8, 4) is 0 Å². The van der Waals surface area contributed by atoms with Gasteiger partial charge < -0.3 is 37.1 Å². The van der Waals surface area contributed by atoms with E-state index in [2.05, 4.69) is 15.6 Å². The van der Waals surface area contributed by atoms with Crippen LogP contribution in [0, 0.1) is 5.41 Å². The van der Waals surface area contributed by atoms with Crippen molar-refractivity contribution in [1.29, 1.82) is 5.41 Å². The average molecular weight is 522 g/mol. The molecule has 0 aliphatic heterocycles. The molecule has 0 aliphatic carbocycles. The third-order valence-electron chi connectivity index (χ3n) is 6.42. The summed E-state index contributed by atoms with van der Waals surface area (Å²) in [7, 11) is 1.42. The Labute approximate surface area is 221 Å². The molecule has 3 rings (SSSR count). The first-order valence-corrected chi connectivity index (χ1v) is 12.4. The minimum absolute atomic E-state index is 0.0850. The van der Waals surface area contributed by atoms with Gasteiger partial charge in [0.25, 0.3) is 0 Å². The van der Waals surface area contributed by atoms with Crippen LogP contribution in [-0.4, -0.2) is 70.5 Å². The Morgan fingerprint density at radius 1 is 1.08 bits per heavy atom. The first-order chi connectivity index (χ1) is 18.2. The van der Waals surface area contributed by atoms with E-state index in [4.69, 9.17) is 16.9 Å². The van der Waals surface area contributed by atoms with Gasteiger partial charge in [-0.15, -0.1) is 0 Å². The number of hydrogen-bond acceptors (Lipinski definition) is 5. The fraction of sp³-hybridized carbons (Fsp3) is 0.333. The zero-order valence-corrected chi connectivity index (χ0v) is 21.3. The number of hydrogen-bond donors (Lipinski definition) is 7. The molecule has 2 amide bonds. The van der Waals surface area contributed by atoms with Crippen LogP contribution >= 0.6 is 0 Å². The number of aromatic nitrogens is 1. The van der Waals surface area contributed by atoms with Gasteiger partial charge in [0.1, 0.15) is 12.1 Å². The zero-order valence-electron chi connectivity index (χ0n) is 21.3. The minimum atomic E-state index is -1.16. The number of guanidine groups is 1. The van der Waals surface area contributed by atoms with Gasteiger partial charge in [0.15, 0.2) is 5.96 Å². The van der Waals surface area contributed by atoms with Gasteiger partial charge in [-0.2, -0.15) is 0 Å². The molecule has 0 unspecified atom stereocenters. The number of benzene rings is 2. The number of aliphatic carboxylic acids is 1. The Bertz CT molecular complexity index is 1260. The number of carbonyl (C=O) groups excluding carboxylic acids is 2. The lowest BCUT2D eigenvalue weighted by Gasteiger charge is -2.30. The smallest absolute Gasteiger partial charge is 0.326 e. The van der Waals surface area contributed by atoms with Crippen molar-refractivity contribution >= 4 is 34.6 Å². The SMILES string of the molecule is CN(C(=O)[C@H](CCCNC(=N)N)NC(=O)[C@H](N)Cc1ccccc1)[C@@H](Cc1c[nH]c2ccccc12)C(=O)O. The number of likely N-dealkylation sites (N-methyl/N-ethyl adjacent to an activating group) is 1. The summed E-state index contributed by atoms with van der Waals surface area (Å²) in [5, 5.41) is 23.6. The third-order valence-corrected chi connectivity index (χ3v) is 6.42. The fourth-order valence-electron chi connectivity index (χ4n) is 4.32. The number of rotatable bonds is 13. The second-order valence-electron chi connectivity index (χ2n) is 9.21. The Morgan fingerprint density at radius 3 is 2.45 bits per heavy atom. The van der Waals surface area contributed by atoms with Gasteiger partial charge in [-0.1, -0.05) is 48.5 Å². The fourth-order valence-corrected chi connectivity index (χ4v) is 4.32. The first-order valence-electron chi connectivity index (χ1n) is 12.4. The summed E-state index contributed by atoms with van der Waals surface area (Å²) in [5.74, 6) is -2.41. The molecule has 0 fully saturated rings. The quantitative estimate of drug-likeness (QED) is 0.0988. The molecule has 0 saturated carbocycles. The summed E-state index contributed by atoms with van der Waals surface area (Å²) >= 11 is 0. The van der Waals surface area contributed by atoms with E-state index in [9.17, 15) is 19.5 Å². The van der Waals surface area contributed by atoms with Gasteiger partial charge in [0.2, 0.25) is 11.8 Å². The number of H-pyrrole nitrogens is 1. The Kier molecular flexibility index (Phi) is 9.83. The number of para-hydroxylation sites is 1. The van der Waals surface area contributed by atoms with E-state index in [0.29, 0.717) is 13.0 Å². The molecule has 2 aromatic carbocycles. The molecule has 11 heteroatoms. The molecule has 9 N–H and O–H groups in total. The molecule has 1 heterocycles. The third kappa shape index (κ3) is 7.56. The number of carboxylic acid groups (broad SMARTS) is 1. The number of nitrogens with two attached hydrogens (primary N) is 2. The minimum Gasteiger partial charge on any atom is -0.480 e.